The van der Waals surface area contributed by atoms with Crippen molar-refractivity contribution in [1.29, 1.82) is 5.26 Å². The van der Waals surface area contributed by atoms with Gasteiger partial charge < -0.3 is 4.74 Å². The number of halogens is 1. The molecule has 0 aliphatic carbocycles. The van der Waals surface area contributed by atoms with Gasteiger partial charge in [0, 0.05) is 17.7 Å². The molecule has 7 heteroatoms. The van der Waals surface area contributed by atoms with Gasteiger partial charge in [-0.15, -0.1) is 0 Å². The largest absolute Gasteiger partial charge is 0.456 e. The van der Waals surface area contributed by atoms with Gasteiger partial charge in [0.15, 0.2) is 0 Å². The number of carbonyl (C=O) groups is 1. The number of nitro groups is 1. The van der Waals surface area contributed by atoms with E-state index in [0.29, 0.717) is 11.8 Å². The molecule has 0 atom stereocenters. The number of rotatable bonds is 4. The van der Waals surface area contributed by atoms with Crippen molar-refractivity contribution in [1.82, 2.24) is 0 Å². The molecule has 0 aliphatic rings. The van der Waals surface area contributed by atoms with Crippen molar-refractivity contribution in [2.75, 3.05) is 0 Å². The first-order valence-corrected chi connectivity index (χ1v) is 6.04. The summed E-state index contributed by atoms with van der Waals surface area (Å²) < 4.78 is 5.47. The minimum atomic E-state index is -0.605. The number of nitro benzene ring substituents is 1. The number of hydrogen-bond donors (Lipinski definition) is 0. The van der Waals surface area contributed by atoms with Crippen LogP contribution in [0.15, 0.2) is 36.4 Å². The number of nitrogens with zero attached hydrogens (tertiary/aromatic N) is 2. The van der Waals surface area contributed by atoms with Gasteiger partial charge in [0.25, 0.3) is 5.69 Å². The van der Waals surface area contributed by atoms with Crippen molar-refractivity contribution in [3.8, 4) is 17.6 Å². The summed E-state index contributed by atoms with van der Waals surface area (Å²) in [6, 6.07) is 10.1. The van der Waals surface area contributed by atoms with Crippen molar-refractivity contribution in [3.63, 3.8) is 0 Å². The quantitative estimate of drug-likeness (QED) is 0.487. The van der Waals surface area contributed by atoms with E-state index in [0.717, 1.165) is 0 Å². The maximum Gasteiger partial charge on any atom is 0.288 e. The Morgan fingerprint density at radius 2 is 2.05 bits per heavy atom. The Labute approximate surface area is 124 Å². The van der Waals surface area contributed by atoms with Crippen molar-refractivity contribution >= 4 is 23.6 Å². The molecule has 0 saturated heterocycles. The van der Waals surface area contributed by atoms with Gasteiger partial charge in [-0.1, -0.05) is 11.6 Å². The fourth-order valence-corrected chi connectivity index (χ4v) is 1.86. The third-order valence-corrected chi connectivity index (χ3v) is 2.91. The Morgan fingerprint density at radius 3 is 2.62 bits per heavy atom. The highest BCUT2D eigenvalue weighted by molar-refractivity contribution is 6.32. The monoisotopic (exact) mass is 302 g/mol. The minimum Gasteiger partial charge on any atom is -0.456 e. The Kier molecular flexibility index (Phi) is 4.16. The number of ether oxygens (including phenoxy) is 1. The van der Waals surface area contributed by atoms with Crippen LogP contribution < -0.4 is 4.74 Å². The summed E-state index contributed by atoms with van der Waals surface area (Å²) in [6.45, 7) is 0. The highest BCUT2D eigenvalue weighted by Gasteiger charge is 2.14. The summed E-state index contributed by atoms with van der Waals surface area (Å²) in [5.41, 5.74) is 0.288. The van der Waals surface area contributed by atoms with Crippen LogP contribution in [-0.4, -0.2) is 11.2 Å². The van der Waals surface area contributed by atoms with Gasteiger partial charge in [-0.25, -0.2) is 0 Å². The van der Waals surface area contributed by atoms with E-state index in [1.807, 2.05) is 6.07 Å². The van der Waals surface area contributed by atoms with Crippen LogP contribution >= 0.6 is 11.6 Å². The molecule has 0 radical (unpaired) electrons. The Hall–Kier alpha value is -2.91. The van der Waals surface area contributed by atoms with Crippen molar-refractivity contribution in [2.24, 2.45) is 0 Å². The van der Waals surface area contributed by atoms with Gasteiger partial charge in [-0.3, -0.25) is 14.9 Å². The first kappa shape index (κ1) is 14.5. The Bertz CT molecular complexity index is 768. The zero-order chi connectivity index (χ0) is 15.4. The van der Waals surface area contributed by atoms with E-state index in [-0.39, 0.29) is 27.8 Å². The summed E-state index contributed by atoms with van der Waals surface area (Å²) in [5.74, 6) is 0.481. The first-order valence-electron chi connectivity index (χ1n) is 5.66. The van der Waals surface area contributed by atoms with Crippen LogP contribution in [0.1, 0.15) is 15.9 Å². The molecule has 21 heavy (non-hydrogen) atoms. The summed E-state index contributed by atoms with van der Waals surface area (Å²) in [5, 5.41) is 19.6. The first-order chi connectivity index (χ1) is 10.0. The third kappa shape index (κ3) is 3.16. The lowest BCUT2D eigenvalue weighted by Gasteiger charge is -2.08. The lowest BCUT2D eigenvalue weighted by molar-refractivity contribution is -0.384. The molecule has 0 saturated carbocycles. The SMILES string of the molecule is N#Cc1cc(C=O)ccc1Oc1ccc([N+](=O)[O-])c(Cl)c1. The maximum atomic E-state index is 10.7. The highest BCUT2D eigenvalue weighted by Crippen LogP contribution is 2.32. The van der Waals surface area contributed by atoms with Gasteiger partial charge in [-0.2, -0.15) is 5.26 Å². The Balaban J connectivity index is 2.35. The van der Waals surface area contributed by atoms with Gasteiger partial charge in [0.1, 0.15) is 28.9 Å². The van der Waals surface area contributed by atoms with Gasteiger partial charge >= 0.3 is 0 Å². The second-order valence-corrected chi connectivity index (χ2v) is 4.36. The van der Waals surface area contributed by atoms with E-state index >= 15 is 0 Å². The lowest BCUT2D eigenvalue weighted by Crippen LogP contribution is -1.92. The highest BCUT2D eigenvalue weighted by atomic mass is 35.5. The average molecular weight is 303 g/mol. The zero-order valence-corrected chi connectivity index (χ0v) is 11.2. The molecule has 0 aliphatic heterocycles. The van der Waals surface area contributed by atoms with Gasteiger partial charge in [0.05, 0.1) is 10.5 Å². The van der Waals surface area contributed by atoms with E-state index < -0.39 is 4.92 Å². The van der Waals surface area contributed by atoms with E-state index in [9.17, 15) is 14.9 Å². The molecule has 0 N–H and O–H groups in total. The average Bonchev–Trinajstić information content (AvgIpc) is 2.47. The van der Waals surface area contributed by atoms with Crippen LogP contribution in [0.25, 0.3) is 0 Å². The van der Waals surface area contributed by atoms with Crippen LogP contribution in [0.4, 0.5) is 5.69 Å². The normalized spacial score (nSPS) is 9.71. The molecule has 0 amide bonds. The molecule has 0 aromatic heterocycles. The fraction of sp³-hybridized carbons (Fsp3) is 0. The van der Waals surface area contributed by atoms with Gasteiger partial charge in [0.2, 0.25) is 0 Å². The number of carbonyl (C=O) groups excluding carboxylic acids is 1. The van der Waals surface area contributed by atoms with Crippen LogP contribution in [0, 0.1) is 21.4 Å². The van der Waals surface area contributed by atoms with Crippen LogP contribution in [-0.2, 0) is 0 Å². The summed E-state index contributed by atoms with van der Waals surface area (Å²) in [6.07, 6.45) is 0.618. The van der Waals surface area contributed by atoms with E-state index in [4.69, 9.17) is 21.6 Å². The molecule has 0 heterocycles. The fourth-order valence-electron chi connectivity index (χ4n) is 1.62. The van der Waals surface area contributed by atoms with Crippen molar-refractivity contribution < 1.29 is 14.5 Å². The Morgan fingerprint density at radius 1 is 1.29 bits per heavy atom. The minimum absolute atomic E-state index is 0.0690. The molecule has 2 aromatic rings. The molecule has 0 bridgehead atoms. The summed E-state index contributed by atoms with van der Waals surface area (Å²) in [4.78, 5) is 20.7. The number of nitriles is 1. The second kappa shape index (κ2) is 6.03. The molecule has 0 unspecified atom stereocenters. The molecule has 104 valence electrons. The van der Waals surface area contributed by atoms with E-state index in [1.54, 1.807) is 0 Å². The van der Waals surface area contributed by atoms with Gasteiger partial charge in [-0.05, 0) is 24.3 Å². The lowest BCUT2D eigenvalue weighted by atomic mass is 10.1. The molecular weight excluding hydrogens is 296 g/mol. The summed E-state index contributed by atoms with van der Waals surface area (Å²) >= 11 is 5.78. The zero-order valence-electron chi connectivity index (χ0n) is 10.4. The van der Waals surface area contributed by atoms with E-state index in [1.165, 1.54) is 36.4 Å². The van der Waals surface area contributed by atoms with Crippen molar-refractivity contribution in [2.45, 2.75) is 0 Å². The van der Waals surface area contributed by atoms with Crippen LogP contribution in [0.5, 0.6) is 11.5 Å². The predicted molar refractivity (Wildman–Crippen MR) is 74.7 cm³/mol. The molecular formula is C14H7ClN2O4. The van der Waals surface area contributed by atoms with Crippen LogP contribution in [0.3, 0.4) is 0 Å². The molecule has 2 rings (SSSR count). The summed E-state index contributed by atoms with van der Waals surface area (Å²) in [7, 11) is 0. The van der Waals surface area contributed by atoms with Crippen LogP contribution in [0.2, 0.25) is 5.02 Å². The van der Waals surface area contributed by atoms with Crippen molar-refractivity contribution in [3.05, 3.63) is 62.7 Å². The molecule has 0 fully saturated rings. The predicted octanol–water partition coefficient (Wildman–Crippen LogP) is 3.72. The van der Waals surface area contributed by atoms with E-state index in [2.05, 4.69) is 0 Å². The second-order valence-electron chi connectivity index (χ2n) is 3.96. The molecule has 0 spiro atoms. The maximum absolute atomic E-state index is 10.7. The molecule has 6 nitrogen and oxygen atoms in total. The smallest absolute Gasteiger partial charge is 0.288 e. The third-order valence-electron chi connectivity index (χ3n) is 2.60. The topological polar surface area (TPSA) is 93.2 Å². The molecule has 2 aromatic carbocycles. The number of hydrogen-bond acceptors (Lipinski definition) is 5. The standard InChI is InChI=1S/C14H7ClN2O4/c15-12-6-11(2-3-13(12)17(19)20)21-14-4-1-9(8-18)5-10(14)7-16/h1-6,8H. The number of aldehydes is 1. The number of benzene rings is 2.